The van der Waals surface area contributed by atoms with Crippen molar-refractivity contribution in [2.24, 2.45) is 0 Å². The van der Waals surface area contributed by atoms with Gasteiger partial charge in [-0.3, -0.25) is 0 Å². The molecule has 1 saturated carbocycles. The Balaban J connectivity index is 1.96. The first kappa shape index (κ1) is 18.1. The minimum Gasteiger partial charge on any atom is -0.465 e. The molecular weight excluding hydrogens is 341 g/mol. The SMILES string of the molecule is CC(C)(C)N(C(=O)O)[C@H]1CC[C@H](Oc2nc(Cl)cc(Cl)n2)CC1. The molecule has 23 heavy (non-hydrogen) atoms. The van der Waals surface area contributed by atoms with Crippen LogP contribution in [0.1, 0.15) is 46.5 Å². The minimum absolute atomic E-state index is 0.00350. The normalized spacial score (nSPS) is 21.8. The molecule has 1 aliphatic rings. The fraction of sp³-hybridized carbons (Fsp3) is 0.667. The Kier molecular flexibility index (Phi) is 5.57. The molecule has 1 heterocycles. The van der Waals surface area contributed by atoms with E-state index in [9.17, 15) is 9.90 Å². The second kappa shape index (κ2) is 7.09. The lowest BCUT2D eigenvalue weighted by atomic mass is 9.89. The van der Waals surface area contributed by atoms with Gasteiger partial charge in [0.1, 0.15) is 16.4 Å². The van der Waals surface area contributed by atoms with Crippen LogP contribution in [-0.2, 0) is 0 Å². The number of aromatic nitrogens is 2. The molecule has 0 radical (unpaired) electrons. The van der Waals surface area contributed by atoms with Crippen molar-refractivity contribution in [1.29, 1.82) is 0 Å². The van der Waals surface area contributed by atoms with E-state index in [0.29, 0.717) is 0 Å². The van der Waals surface area contributed by atoms with E-state index < -0.39 is 11.6 Å². The number of ether oxygens (including phenoxy) is 1. The van der Waals surface area contributed by atoms with Crippen LogP contribution in [0.5, 0.6) is 6.01 Å². The van der Waals surface area contributed by atoms with E-state index in [4.69, 9.17) is 27.9 Å². The third-order valence-electron chi connectivity index (χ3n) is 3.85. The maximum absolute atomic E-state index is 11.5. The van der Waals surface area contributed by atoms with Crippen LogP contribution >= 0.6 is 23.2 Å². The van der Waals surface area contributed by atoms with Gasteiger partial charge >= 0.3 is 12.1 Å². The van der Waals surface area contributed by atoms with Crippen LogP contribution < -0.4 is 4.74 Å². The molecule has 0 spiro atoms. The van der Waals surface area contributed by atoms with E-state index in [-0.39, 0.29) is 28.5 Å². The lowest BCUT2D eigenvalue weighted by molar-refractivity contribution is 0.0348. The first-order valence-electron chi connectivity index (χ1n) is 7.56. The lowest BCUT2D eigenvalue weighted by Gasteiger charge is -2.42. The Bertz CT molecular complexity index is 549. The van der Waals surface area contributed by atoms with Gasteiger partial charge in [0, 0.05) is 17.6 Å². The van der Waals surface area contributed by atoms with Crippen molar-refractivity contribution in [2.75, 3.05) is 0 Å². The first-order valence-corrected chi connectivity index (χ1v) is 8.31. The van der Waals surface area contributed by atoms with Crippen molar-refractivity contribution in [3.8, 4) is 6.01 Å². The number of carbonyl (C=O) groups is 1. The summed E-state index contributed by atoms with van der Waals surface area (Å²) in [6.07, 6.45) is 2.00. The van der Waals surface area contributed by atoms with Crippen molar-refractivity contribution >= 4 is 29.3 Å². The molecule has 6 nitrogen and oxygen atoms in total. The summed E-state index contributed by atoms with van der Waals surface area (Å²) in [6, 6.07) is 1.61. The fourth-order valence-electron chi connectivity index (χ4n) is 2.98. The molecule has 0 bridgehead atoms. The molecule has 1 N–H and O–H groups in total. The van der Waals surface area contributed by atoms with Crippen LogP contribution in [0.2, 0.25) is 10.3 Å². The monoisotopic (exact) mass is 361 g/mol. The van der Waals surface area contributed by atoms with Gasteiger partial charge < -0.3 is 14.7 Å². The number of halogens is 2. The molecule has 1 aromatic rings. The summed E-state index contributed by atoms with van der Waals surface area (Å²) < 4.78 is 5.73. The van der Waals surface area contributed by atoms with Gasteiger partial charge in [0.05, 0.1) is 0 Å². The highest BCUT2D eigenvalue weighted by molar-refractivity contribution is 6.33. The minimum atomic E-state index is -0.883. The largest absolute Gasteiger partial charge is 0.465 e. The van der Waals surface area contributed by atoms with E-state index in [0.717, 1.165) is 25.7 Å². The maximum Gasteiger partial charge on any atom is 0.407 e. The van der Waals surface area contributed by atoms with Crippen LogP contribution in [0, 0.1) is 0 Å². The van der Waals surface area contributed by atoms with Crippen LogP contribution in [-0.4, -0.2) is 43.8 Å². The zero-order valence-corrected chi connectivity index (χ0v) is 14.9. The average Bonchev–Trinajstić information content (AvgIpc) is 2.37. The zero-order chi connectivity index (χ0) is 17.2. The maximum atomic E-state index is 11.5. The van der Waals surface area contributed by atoms with E-state index >= 15 is 0 Å². The number of rotatable bonds is 3. The smallest absolute Gasteiger partial charge is 0.407 e. The van der Waals surface area contributed by atoms with Crippen molar-refractivity contribution < 1.29 is 14.6 Å². The number of amides is 1. The highest BCUT2D eigenvalue weighted by atomic mass is 35.5. The van der Waals surface area contributed by atoms with Crippen LogP contribution in [0.4, 0.5) is 4.79 Å². The van der Waals surface area contributed by atoms with Gasteiger partial charge in [0.15, 0.2) is 0 Å². The molecule has 1 aliphatic carbocycles. The molecule has 2 rings (SSSR count). The summed E-state index contributed by atoms with van der Waals surface area (Å²) in [5.41, 5.74) is -0.423. The molecule has 1 amide bonds. The van der Waals surface area contributed by atoms with E-state index in [2.05, 4.69) is 9.97 Å². The average molecular weight is 362 g/mol. The number of hydrogen-bond donors (Lipinski definition) is 1. The Labute approximate surface area is 145 Å². The Morgan fingerprint density at radius 2 is 1.74 bits per heavy atom. The number of carboxylic acid groups (broad SMARTS) is 1. The summed E-state index contributed by atoms with van der Waals surface area (Å²) in [5, 5.41) is 9.94. The molecular formula is C15H21Cl2N3O3. The molecule has 0 unspecified atom stereocenters. The molecule has 0 saturated heterocycles. The van der Waals surface area contributed by atoms with Gasteiger partial charge in [-0.15, -0.1) is 0 Å². The summed E-state index contributed by atoms with van der Waals surface area (Å²) in [4.78, 5) is 21.1. The van der Waals surface area contributed by atoms with Gasteiger partial charge in [0.2, 0.25) is 0 Å². The van der Waals surface area contributed by atoms with Gasteiger partial charge in [0.25, 0.3) is 0 Å². The highest BCUT2D eigenvalue weighted by Gasteiger charge is 2.36. The second-order valence-corrected chi connectivity index (χ2v) is 7.44. The van der Waals surface area contributed by atoms with E-state index in [1.165, 1.54) is 11.0 Å². The third-order valence-corrected chi connectivity index (χ3v) is 4.24. The van der Waals surface area contributed by atoms with E-state index in [1.54, 1.807) is 0 Å². The Morgan fingerprint density at radius 3 is 2.17 bits per heavy atom. The molecule has 8 heteroatoms. The molecule has 0 atom stereocenters. The summed E-state index contributed by atoms with van der Waals surface area (Å²) in [5.74, 6) is 0. The predicted molar refractivity (Wildman–Crippen MR) is 88.3 cm³/mol. The number of nitrogens with zero attached hydrogens (tertiary/aromatic N) is 3. The zero-order valence-electron chi connectivity index (χ0n) is 13.4. The van der Waals surface area contributed by atoms with Gasteiger partial charge in [-0.25, -0.2) is 4.79 Å². The van der Waals surface area contributed by atoms with Crippen molar-refractivity contribution in [3.63, 3.8) is 0 Å². The molecule has 128 valence electrons. The standard InChI is InChI=1S/C15H21Cl2N3O3/c1-15(2,3)20(14(21)22)9-4-6-10(7-5-9)23-13-18-11(16)8-12(17)19-13/h8-10H,4-7H2,1-3H3,(H,21,22)/t9-,10-. The van der Waals surface area contributed by atoms with Crippen molar-refractivity contribution in [1.82, 2.24) is 14.9 Å². The summed E-state index contributed by atoms with van der Waals surface area (Å²) >= 11 is 11.7. The second-order valence-electron chi connectivity index (χ2n) is 6.67. The molecule has 0 aromatic carbocycles. The van der Waals surface area contributed by atoms with E-state index in [1.807, 2.05) is 20.8 Å². The topological polar surface area (TPSA) is 75.6 Å². The van der Waals surface area contributed by atoms with Crippen LogP contribution in [0.15, 0.2) is 6.07 Å². The third kappa shape index (κ3) is 4.85. The van der Waals surface area contributed by atoms with Crippen molar-refractivity contribution in [2.45, 2.75) is 64.1 Å². The number of hydrogen-bond acceptors (Lipinski definition) is 4. The molecule has 1 aromatic heterocycles. The molecule has 0 aliphatic heterocycles. The molecule has 1 fully saturated rings. The lowest BCUT2D eigenvalue weighted by Crippen LogP contribution is -2.52. The Hall–Kier alpha value is -1.27. The quantitative estimate of drug-likeness (QED) is 0.814. The van der Waals surface area contributed by atoms with Crippen molar-refractivity contribution in [3.05, 3.63) is 16.4 Å². The fourth-order valence-corrected chi connectivity index (χ4v) is 3.39. The predicted octanol–water partition coefficient (Wildman–Crippen LogP) is 4.25. The van der Waals surface area contributed by atoms with Gasteiger partial charge in [-0.2, -0.15) is 9.97 Å². The highest BCUT2D eigenvalue weighted by Crippen LogP contribution is 2.30. The van der Waals surface area contributed by atoms with Crippen LogP contribution in [0.25, 0.3) is 0 Å². The van der Waals surface area contributed by atoms with Crippen LogP contribution in [0.3, 0.4) is 0 Å². The summed E-state index contributed by atoms with van der Waals surface area (Å²) in [6.45, 7) is 5.72. The summed E-state index contributed by atoms with van der Waals surface area (Å²) in [7, 11) is 0. The van der Waals surface area contributed by atoms with Gasteiger partial charge in [-0.1, -0.05) is 23.2 Å². The Morgan fingerprint density at radius 1 is 1.22 bits per heavy atom. The van der Waals surface area contributed by atoms with Gasteiger partial charge in [-0.05, 0) is 46.5 Å². The first-order chi connectivity index (χ1) is 10.7.